The Morgan fingerprint density at radius 3 is 2.34 bits per heavy atom. The molecule has 0 radical (unpaired) electrons. The number of nitrogens with zero attached hydrogens (tertiary/aromatic N) is 3. The van der Waals surface area contributed by atoms with Crippen molar-refractivity contribution in [3.63, 3.8) is 0 Å². The largest absolute Gasteiger partial charge is 0.339 e. The maximum Gasteiger partial charge on any atom is 0.257 e. The van der Waals surface area contributed by atoms with E-state index in [-0.39, 0.29) is 5.91 Å². The number of benzene rings is 2. The first-order valence-corrected chi connectivity index (χ1v) is 10.4. The second kappa shape index (κ2) is 9.05. The number of hydrogen-bond donors (Lipinski definition) is 1. The molecular formula is C24H28N4O. The monoisotopic (exact) mass is 388 g/mol. The zero-order chi connectivity index (χ0) is 20.1. The molecule has 0 aliphatic carbocycles. The highest BCUT2D eigenvalue weighted by Crippen LogP contribution is 2.26. The fourth-order valence-electron chi connectivity index (χ4n) is 4.04. The standard InChI is InChI=1S/C24H28N4O/c1-25-16-19-12-14-27(15-13-19)24(29)22-18-28(17-20-8-4-2-5-9-20)26-23(22)21-10-6-3-7-11-21/h2-11,18-19,25H,12-17H2,1H3. The molecule has 1 fully saturated rings. The highest BCUT2D eigenvalue weighted by molar-refractivity contribution is 5.99. The number of rotatable bonds is 6. The van der Waals surface area contributed by atoms with Gasteiger partial charge in [-0.05, 0) is 37.9 Å². The van der Waals surface area contributed by atoms with Crippen molar-refractivity contribution in [1.29, 1.82) is 0 Å². The summed E-state index contributed by atoms with van der Waals surface area (Å²) in [6.07, 6.45) is 4.01. The van der Waals surface area contributed by atoms with Gasteiger partial charge in [-0.15, -0.1) is 0 Å². The van der Waals surface area contributed by atoms with Crippen LogP contribution in [0, 0.1) is 5.92 Å². The second-order valence-corrected chi connectivity index (χ2v) is 7.73. The van der Waals surface area contributed by atoms with Crippen LogP contribution in [0.3, 0.4) is 0 Å². The van der Waals surface area contributed by atoms with E-state index in [1.807, 2.05) is 71.4 Å². The molecule has 1 aliphatic heterocycles. The number of aromatic nitrogens is 2. The van der Waals surface area contributed by atoms with Crippen LogP contribution >= 0.6 is 0 Å². The normalized spacial score (nSPS) is 14.9. The average Bonchev–Trinajstić information content (AvgIpc) is 3.19. The van der Waals surface area contributed by atoms with Crippen LogP contribution < -0.4 is 5.32 Å². The molecule has 1 N–H and O–H groups in total. The zero-order valence-electron chi connectivity index (χ0n) is 16.9. The lowest BCUT2D eigenvalue weighted by atomic mass is 9.96. The van der Waals surface area contributed by atoms with Gasteiger partial charge >= 0.3 is 0 Å². The molecule has 0 saturated carbocycles. The predicted octanol–water partition coefficient (Wildman–Crippen LogP) is 3.67. The SMILES string of the molecule is CNCC1CCN(C(=O)c2cn(Cc3ccccc3)nc2-c2ccccc2)CC1. The average molecular weight is 389 g/mol. The molecule has 2 heterocycles. The van der Waals surface area contributed by atoms with Crippen LogP contribution in [-0.2, 0) is 6.54 Å². The van der Waals surface area contributed by atoms with Gasteiger partial charge in [0.05, 0.1) is 12.1 Å². The Morgan fingerprint density at radius 2 is 1.69 bits per heavy atom. The van der Waals surface area contributed by atoms with E-state index in [0.29, 0.717) is 18.0 Å². The van der Waals surface area contributed by atoms with Crippen molar-refractivity contribution in [2.45, 2.75) is 19.4 Å². The van der Waals surface area contributed by atoms with Crippen LogP contribution in [0.15, 0.2) is 66.9 Å². The van der Waals surface area contributed by atoms with Crippen molar-refractivity contribution < 1.29 is 4.79 Å². The third-order valence-corrected chi connectivity index (χ3v) is 5.62. The molecule has 0 spiro atoms. The van der Waals surface area contributed by atoms with E-state index in [9.17, 15) is 4.79 Å². The topological polar surface area (TPSA) is 50.2 Å². The fourth-order valence-corrected chi connectivity index (χ4v) is 4.04. The Morgan fingerprint density at radius 1 is 1.03 bits per heavy atom. The molecule has 1 saturated heterocycles. The number of nitrogens with one attached hydrogen (secondary N) is 1. The van der Waals surface area contributed by atoms with Crippen molar-refractivity contribution in [2.24, 2.45) is 5.92 Å². The van der Waals surface area contributed by atoms with Crippen LogP contribution in [0.1, 0.15) is 28.8 Å². The summed E-state index contributed by atoms with van der Waals surface area (Å²) in [7, 11) is 1.99. The van der Waals surface area contributed by atoms with Gasteiger partial charge in [-0.25, -0.2) is 0 Å². The van der Waals surface area contributed by atoms with Gasteiger partial charge in [-0.3, -0.25) is 9.48 Å². The van der Waals surface area contributed by atoms with Gasteiger partial charge in [0.15, 0.2) is 0 Å². The van der Waals surface area contributed by atoms with Gasteiger partial charge in [0.25, 0.3) is 5.91 Å². The maximum atomic E-state index is 13.4. The Kier molecular flexibility index (Phi) is 6.06. The van der Waals surface area contributed by atoms with E-state index >= 15 is 0 Å². The quantitative estimate of drug-likeness (QED) is 0.701. The molecule has 29 heavy (non-hydrogen) atoms. The molecular weight excluding hydrogens is 360 g/mol. The lowest BCUT2D eigenvalue weighted by Crippen LogP contribution is -2.40. The van der Waals surface area contributed by atoms with Crippen LogP contribution in [0.2, 0.25) is 0 Å². The molecule has 1 aromatic heterocycles. The molecule has 5 heteroatoms. The Balaban J connectivity index is 1.60. The maximum absolute atomic E-state index is 13.4. The van der Waals surface area contributed by atoms with Gasteiger partial charge in [-0.2, -0.15) is 5.10 Å². The highest BCUT2D eigenvalue weighted by atomic mass is 16.2. The van der Waals surface area contributed by atoms with Crippen LogP contribution in [0.4, 0.5) is 0 Å². The van der Waals surface area contributed by atoms with Crippen LogP contribution in [0.25, 0.3) is 11.3 Å². The predicted molar refractivity (Wildman–Crippen MR) is 116 cm³/mol. The molecule has 2 aromatic carbocycles. The summed E-state index contributed by atoms with van der Waals surface area (Å²) >= 11 is 0. The van der Waals surface area contributed by atoms with Gasteiger partial charge in [-0.1, -0.05) is 60.7 Å². The van der Waals surface area contributed by atoms with E-state index in [4.69, 9.17) is 5.10 Å². The lowest BCUT2D eigenvalue weighted by molar-refractivity contribution is 0.0691. The first-order valence-electron chi connectivity index (χ1n) is 10.4. The van der Waals surface area contributed by atoms with Crippen molar-refractivity contribution >= 4 is 5.91 Å². The summed E-state index contributed by atoms with van der Waals surface area (Å²) in [6, 6.07) is 20.2. The first kappa shape index (κ1) is 19.4. The number of amides is 1. The van der Waals surface area contributed by atoms with Crippen molar-refractivity contribution in [3.8, 4) is 11.3 Å². The minimum atomic E-state index is 0.0890. The fraction of sp³-hybridized carbons (Fsp3) is 0.333. The van der Waals surface area contributed by atoms with E-state index in [0.717, 1.165) is 43.7 Å². The smallest absolute Gasteiger partial charge is 0.257 e. The summed E-state index contributed by atoms with van der Waals surface area (Å²) in [6.45, 7) is 3.29. The number of carbonyl (C=O) groups is 1. The van der Waals surface area contributed by atoms with Crippen molar-refractivity contribution in [1.82, 2.24) is 20.0 Å². The summed E-state index contributed by atoms with van der Waals surface area (Å²) in [4.78, 5) is 15.4. The molecule has 3 aromatic rings. The van der Waals surface area contributed by atoms with E-state index in [2.05, 4.69) is 17.4 Å². The number of hydrogen-bond acceptors (Lipinski definition) is 3. The molecule has 0 atom stereocenters. The summed E-state index contributed by atoms with van der Waals surface area (Å²) < 4.78 is 1.89. The molecule has 1 aliphatic rings. The summed E-state index contributed by atoms with van der Waals surface area (Å²) in [5.74, 6) is 0.740. The minimum Gasteiger partial charge on any atom is -0.339 e. The summed E-state index contributed by atoms with van der Waals surface area (Å²) in [5.41, 5.74) is 3.61. The Bertz CT molecular complexity index is 928. The molecule has 0 unspecified atom stereocenters. The van der Waals surface area contributed by atoms with E-state index in [1.165, 1.54) is 5.56 Å². The molecule has 150 valence electrons. The minimum absolute atomic E-state index is 0.0890. The van der Waals surface area contributed by atoms with Gasteiger partial charge in [0, 0.05) is 24.8 Å². The third kappa shape index (κ3) is 4.57. The number of likely N-dealkylation sites (tertiary alicyclic amines) is 1. The second-order valence-electron chi connectivity index (χ2n) is 7.73. The summed E-state index contributed by atoms with van der Waals surface area (Å²) in [5, 5.41) is 8.05. The van der Waals surface area contributed by atoms with E-state index in [1.54, 1.807) is 0 Å². The number of carbonyl (C=O) groups excluding carboxylic acids is 1. The molecule has 4 rings (SSSR count). The van der Waals surface area contributed by atoms with Crippen LogP contribution in [-0.4, -0.2) is 47.3 Å². The molecule has 1 amide bonds. The Labute approximate surface area is 172 Å². The Hall–Kier alpha value is -2.92. The van der Waals surface area contributed by atoms with Gasteiger partial charge in [0.1, 0.15) is 5.69 Å². The highest BCUT2D eigenvalue weighted by Gasteiger charge is 2.27. The molecule has 5 nitrogen and oxygen atoms in total. The van der Waals surface area contributed by atoms with Crippen molar-refractivity contribution in [3.05, 3.63) is 78.0 Å². The van der Waals surface area contributed by atoms with Gasteiger partial charge < -0.3 is 10.2 Å². The van der Waals surface area contributed by atoms with Crippen LogP contribution in [0.5, 0.6) is 0 Å². The number of piperidine rings is 1. The lowest BCUT2D eigenvalue weighted by Gasteiger charge is -2.31. The molecule has 0 bridgehead atoms. The first-order chi connectivity index (χ1) is 14.2. The van der Waals surface area contributed by atoms with E-state index < -0.39 is 0 Å². The zero-order valence-corrected chi connectivity index (χ0v) is 16.9. The van der Waals surface area contributed by atoms with Crippen molar-refractivity contribution in [2.75, 3.05) is 26.7 Å². The third-order valence-electron chi connectivity index (χ3n) is 5.62. The van der Waals surface area contributed by atoms with Gasteiger partial charge in [0.2, 0.25) is 0 Å².